The number of benzene rings is 3. The van der Waals surface area contributed by atoms with Crippen LogP contribution in [0.4, 0.5) is 0 Å². The minimum atomic E-state index is -0.152. The molecule has 3 aromatic carbocycles. The molecule has 0 aliphatic heterocycles. The second-order valence-electron chi connectivity index (χ2n) is 13.5. The first kappa shape index (κ1) is 26.9. The molecule has 0 radical (unpaired) electrons. The molecule has 0 aliphatic rings. The molecule has 3 heteroatoms. The summed E-state index contributed by atoms with van der Waals surface area (Å²) in [5, 5.41) is 9.59. The van der Waals surface area contributed by atoms with E-state index in [9.17, 15) is 0 Å². The molecule has 0 saturated heterocycles. The lowest BCUT2D eigenvalue weighted by atomic mass is 9.75. The van der Waals surface area contributed by atoms with Crippen molar-refractivity contribution in [3.05, 3.63) is 89.2 Å². The van der Waals surface area contributed by atoms with Gasteiger partial charge in [-0.2, -0.15) is 0 Å². The number of aryl methyl sites for hydroxylation is 2. The highest BCUT2D eigenvalue weighted by Gasteiger charge is 2.34. The standard InChI is InChI=1S/C34H43N3/c1-23-12-11-13-27(20-23)30-35-36-31(34(9,10)22-32(3,4)5)37(30)29-19-16-26(21-24(29)2)25-14-17-28(18-15-25)33(6,7)8/h11-21H,22H2,1-10H3. The molecule has 37 heavy (non-hydrogen) atoms. The van der Waals surface area contributed by atoms with E-state index in [0.29, 0.717) is 0 Å². The molecule has 4 aromatic rings. The predicted molar refractivity (Wildman–Crippen MR) is 158 cm³/mol. The second kappa shape index (κ2) is 9.59. The largest absolute Gasteiger partial charge is 0.278 e. The highest BCUT2D eigenvalue weighted by atomic mass is 15.3. The minimum absolute atomic E-state index is 0.148. The van der Waals surface area contributed by atoms with Gasteiger partial charge in [-0.1, -0.05) is 109 Å². The number of hydrogen-bond acceptors (Lipinski definition) is 2. The van der Waals surface area contributed by atoms with Crippen LogP contribution < -0.4 is 0 Å². The van der Waals surface area contributed by atoms with E-state index in [-0.39, 0.29) is 16.2 Å². The van der Waals surface area contributed by atoms with Crippen molar-refractivity contribution < 1.29 is 0 Å². The normalized spacial score (nSPS) is 12.7. The smallest absolute Gasteiger partial charge is 0.168 e. The van der Waals surface area contributed by atoms with Crippen molar-refractivity contribution in [2.45, 2.75) is 86.5 Å². The summed E-state index contributed by atoms with van der Waals surface area (Å²) in [7, 11) is 0. The maximum absolute atomic E-state index is 4.82. The molecular formula is C34H43N3. The number of rotatable bonds is 5. The average molecular weight is 494 g/mol. The van der Waals surface area contributed by atoms with Crippen LogP contribution in [-0.4, -0.2) is 14.8 Å². The van der Waals surface area contributed by atoms with Gasteiger partial charge in [0.05, 0.1) is 5.69 Å². The molecule has 0 saturated carbocycles. The maximum Gasteiger partial charge on any atom is 0.168 e. The van der Waals surface area contributed by atoms with Crippen molar-refractivity contribution in [3.63, 3.8) is 0 Å². The molecule has 0 atom stereocenters. The summed E-state index contributed by atoms with van der Waals surface area (Å²) in [6.07, 6.45) is 1.00. The van der Waals surface area contributed by atoms with Gasteiger partial charge >= 0.3 is 0 Å². The molecule has 4 rings (SSSR count). The van der Waals surface area contributed by atoms with E-state index < -0.39 is 0 Å². The van der Waals surface area contributed by atoms with Gasteiger partial charge in [0.2, 0.25) is 0 Å². The van der Waals surface area contributed by atoms with E-state index in [1.54, 1.807) is 0 Å². The van der Waals surface area contributed by atoms with E-state index in [0.717, 1.165) is 29.3 Å². The predicted octanol–water partition coefficient (Wildman–Crippen LogP) is 9.23. The Morgan fingerprint density at radius 1 is 0.676 bits per heavy atom. The molecule has 1 heterocycles. The van der Waals surface area contributed by atoms with Crippen molar-refractivity contribution in [3.8, 4) is 28.2 Å². The number of nitrogens with zero attached hydrogens (tertiary/aromatic N) is 3. The molecule has 0 amide bonds. The SMILES string of the molecule is Cc1cccc(-c2nnc(C(C)(C)CC(C)(C)C)n2-c2ccc(-c3ccc(C(C)(C)C)cc3)cc2C)c1. The molecular weight excluding hydrogens is 450 g/mol. The van der Waals surface area contributed by atoms with Gasteiger partial charge in [0.25, 0.3) is 0 Å². The fourth-order valence-electron chi connectivity index (χ4n) is 5.58. The first-order chi connectivity index (χ1) is 17.2. The minimum Gasteiger partial charge on any atom is -0.278 e. The molecule has 0 unspecified atom stereocenters. The summed E-state index contributed by atoms with van der Waals surface area (Å²) in [6.45, 7) is 22.5. The van der Waals surface area contributed by atoms with Crippen molar-refractivity contribution in [1.29, 1.82) is 0 Å². The molecule has 0 bridgehead atoms. The van der Waals surface area contributed by atoms with Crippen molar-refractivity contribution in [2.24, 2.45) is 5.41 Å². The topological polar surface area (TPSA) is 30.7 Å². The van der Waals surface area contributed by atoms with Crippen LogP contribution in [0.15, 0.2) is 66.7 Å². The van der Waals surface area contributed by atoms with Crippen molar-refractivity contribution in [1.82, 2.24) is 14.8 Å². The lowest BCUT2D eigenvalue weighted by molar-refractivity contribution is 0.272. The van der Waals surface area contributed by atoms with Gasteiger partial charge < -0.3 is 0 Å². The Bertz CT molecular complexity index is 1390. The molecule has 0 aliphatic carbocycles. The zero-order valence-corrected chi connectivity index (χ0v) is 24.4. The van der Waals surface area contributed by atoms with Crippen molar-refractivity contribution in [2.75, 3.05) is 0 Å². The molecule has 1 aromatic heterocycles. The summed E-state index contributed by atoms with van der Waals surface area (Å²) < 4.78 is 2.29. The third kappa shape index (κ3) is 5.87. The number of hydrogen-bond donors (Lipinski definition) is 0. The van der Waals surface area contributed by atoms with Gasteiger partial charge in [-0.3, -0.25) is 4.57 Å². The molecule has 0 spiro atoms. The van der Waals surface area contributed by atoms with E-state index >= 15 is 0 Å². The van der Waals surface area contributed by atoms with Crippen LogP contribution in [-0.2, 0) is 10.8 Å². The quantitative estimate of drug-likeness (QED) is 0.277. The Labute approximate surface area is 224 Å². The van der Waals surface area contributed by atoms with Crippen molar-refractivity contribution >= 4 is 0 Å². The maximum atomic E-state index is 4.82. The van der Waals surface area contributed by atoms with Gasteiger partial charge in [0.15, 0.2) is 5.82 Å². The van der Waals surface area contributed by atoms with Crippen LogP contribution in [0.3, 0.4) is 0 Å². The van der Waals surface area contributed by atoms with Gasteiger partial charge in [-0.15, -0.1) is 10.2 Å². The van der Waals surface area contributed by atoms with E-state index in [4.69, 9.17) is 10.2 Å². The summed E-state index contributed by atoms with van der Waals surface area (Å²) in [5.74, 6) is 1.90. The third-order valence-corrected chi connectivity index (χ3v) is 7.04. The highest BCUT2D eigenvalue weighted by molar-refractivity contribution is 5.68. The van der Waals surface area contributed by atoms with Gasteiger partial charge in [-0.25, -0.2) is 0 Å². The van der Waals surface area contributed by atoms with Crippen LogP contribution in [0, 0.1) is 19.3 Å². The van der Waals surface area contributed by atoms with Gasteiger partial charge in [0, 0.05) is 11.0 Å². The molecule has 194 valence electrons. The monoisotopic (exact) mass is 493 g/mol. The first-order valence-corrected chi connectivity index (χ1v) is 13.4. The average Bonchev–Trinajstić information content (AvgIpc) is 3.23. The zero-order chi connectivity index (χ0) is 27.2. The first-order valence-electron chi connectivity index (χ1n) is 13.4. The Balaban J connectivity index is 1.85. The Morgan fingerprint density at radius 3 is 1.89 bits per heavy atom. The number of aromatic nitrogens is 3. The van der Waals surface area contributed by atoms with E-state index in [1.807, 2.05) is 0 Å². The molecule has 0 fully saturated rings. The van der Waals surface area contributed by atoms with Crippen LogP contribution in [0.2, 0.25) is 0 Å². The van der Waals surface area contributed by atoms with Gasteiger partial charge in [-0.05, 0) is 71.6 Å². The zero-order valence-electron chi connectivity index (χ0n) is 24.4. The lowest BCUT2D eigenvalue weighted by Gasteiger charge is -2.32. The van der Waals surface area contributed by atoms with Gasteiger partial charge in [0.1, 0.15) is 5.82 Å². The van der Waals surface area contributed by atoms with E-state index in [2.05, 4.69) is 141 Å². The third-order valence-electron chi connectivity index (χ3n) is 7.04. The summed E-state index contributed by atoms with van der Waals surface area (Å²) in [6, 6.07) is 24.3. The lowest BCUT2D eigenvalue weighted by Crippen LogP contribution is -2.28. The Morgan fingerprint density at radius 2 is 1.32 bits per heavy atom. The Hall–Kier alpha value is -3.20. The highest BCUT2D eigenvalue weighted by Crippen LogP contribution is 2.39. The molecule has 0 N–H and O–H groups in total. The van der Waals surface area contributed by atoms with Crippen LogP contribution in [0.5, 0.6) is 0 Å². The Kier molecular flexibility index (Phi) is 6.96. The summed E-state index contributed by atoms with van der Waals surface area (Å²) in [5.41, 5.74) is 8.62. The summed E-state index contributed by atoms with van der Waals surface area (Å²) >= 11 is 0. The summed E-state index contributed by atoms with van der Waals surface area (Å²) in [4.78, 5) is 0. The van der Waals surface area contributed by atoms with E-state index in [1.165, 1.54) is 27.8 Å². The van der Waals surface area contributed by atoms with Crippen LogP contribution in [0.25, 0.3) is 28.2 Å². The van der Waals surface area contributed by atoms with Crippen LogP contribution in [0.1, 0.15) is 84.3 Å². The molecule has 3 nitrogen and oxygen atoms in total. The second-order valence-corrected chi connectivity index (χ2v) is 13.5. The fraction of sp³-hybridized carbons (Fsp3) is 0.412. The fourth-order valence-corrected chi connectivity index (χ4v) is 5.58. The van der Waals surface area contributed by atoms with Crippen LogP contribution >= 0.6 is 0 Å².